The molecule has 2 atom stereocenters. The molecule has 3 rings (SSSR count). The zero-order chi connectivity index (χ0) is 14.5. The molecule has 1 fully saturated rings. The van der Waals surface area contributed by atoms with Crippen molar-refractivity contribution in [3.05, 3.63) is 29.6 Å². The molecule has 0 spiro atoms. The summed E-state index contributed by atoms with van der Waals surface area (Å²) in [6.07, 6.45) is -3.27. The van der Waals surface area contributed by atoms with Gasteiger partial charge in [-0.1, -0.05) is 6.92 Å². The number of fused-ring (bicyclic) bond motifs is 1. The minimum Gasteiger partial charge on any atom is -0.330 e. The maximum absolute atomic E-state index is 12.7. The Balaban J connectivity index is 2.10. The smallest absolute Gasteiger partial charge is 0.330 e. The summed E-state index contributed by atoms with van der Waals surface area (Å²) in [5.74, 6) is 1.25. The van der Waals surface area contributed by atoms with Gasteiger partial charge in [0.1, 0.15) is 5.82 Å². The molecule has 0 bridgehead atoms. The van der Waals surface area contributed by atoms with Crippen molar-refractivity contribution in [2.24, 2.45) is 13.0 Å². The van der Waals surface area contributed by atoms with E-state index in [1.807, 2.05) is 11.6 Å². The number of hydrogen-bond acceptors (Lipinski definition) is 2. The van der Waals surface area contributed by atoms with Crippen molar-refractivity contribution in [3.8, 4) is 0 Å². The summed E-state index contributed by atoms with van der Waals surface area (Å²) in [4.78, 5) is 4.42. The van der Waals surface area contributed by atoms with Crippen molar-refractivity contribution >= 4 is 11.0 Å². The molecule has 1 aromatic carbocycles. The number of alkyl halides is 3. The van der Waals surface area contributed by atoms with E-state index in [0.29, 0.717) is 11.4 Å². The van der Waals surface area contributed by atoms with Crippen LogP contribution in [0.4, 0.5) is 13.2 Å². The zero-order valence-corrected chi connectivity index (χ0v) is 11.3. The van der Waals surface area contributed by atoms with Crippen molar-refractivity contribution in [2.75, 3.05) is 6.54 Å². The van der Waals surface area contributed by atoms with Gasteiger partial charge in [0.25, 0.3) is 0 Å². The van der Waals surface area contributed by atoms with Crippen molar-refractivity contribution in [2.45, 2.75) is 25.6 Å². The Kier molecular flexibility index (Phi) is 3.01. The van der Waals surface area contributed by atoms with Gasteiger partial charge in [-0.25, -0.2) is 4.98 Å². The second kappa shape index (κ2) is 4.48. The fraction of sp³-hybridized carbons (Fsp3) is 0.500. The third kappa shape index (κ3) is 2.08. The summed E-state index contributed by atoms with van der Waals surface area (Å²) in [6.45, 7) is 3.05. The van der Waals surface area contributed by atoms with E-state index in [1.165, 1.54) is 6.07 Å². The zero-order valence-electron chi connectivity index (χ0n) is 11.3. The third-order valence-corrected chi connectivity index (χ3v) is 4.05. The molecular formula is C14H16F3N3. The van der Waals surface area contributed by atoms with Gasteiger partial charge in [-0.2, -0.15) is 13.2 Å². The van der Waals surface area contributed by atoms with Crippen LogP contribution in [0.25, 0.3) is 11.0 Å². The van der Waals surface area contributed by atoms with E-state index in [-0.39, 0.29) is 6.04 Å². The molecule has 2 unspecified atom stereocenters. The number of nitrogens with zero attached hydrogens (tertiary/aromatic N) is 2. The van der Waals surface area contributed by atoms with E-state index in [9.17, 15) is 13.2 Å². The second-order valence-corrected chi connectivity index (χ2v) is 5.43. The SMILES string of the molecule is CC1CCNC1c1nc2cc(C(F)(F)F)ccc2n1C. The predicted octanol–water partition coefficient (Wildman–Crippen LogP) is 3.26. The van der Waals surface area contributed by atoms with E-state index >= 15 is 0 Å². The lowest BCUT2D eigenvalue weighted by molar-refractivity contribution is -0.137. The molecule has 3 nitrogen and oxygen atoms in total. The molecule has 20 heavy (non-hydrogen) atoms. The van der Waals surface area contributed by atoms with E-state index in [0.717, 1.165) is 36.4 Å². The largest absolute Gasteiger partial charge is 0.416 e. The molecule has 1 saturated heterocycles. The number of halogens is 3. The van der Waals surface area contributed by atoms with E-state index < -0.39 is 11.7 Å². The van der Waals surface area contributed by atoms with Crippen LogP contribution in [0.3, 0.4) is 0 Å². The summed E-state index contributed by atoms with van der Waals surface area (Å²) in [5.41, 5.74) is 0.481. The molecule has 1 aliphatic heterocycles. The van der Waals surface area contributed by atoms with Gasteiger partial charge in [-0.3, -0.25) is 0 Å². The topological polar surface area (TPSA) is 29.9 Å². The van der Waals surface area contributed by atoms with Crippen LogP contribution in [-0.4, -0.2) is 16.1 Å². The van der Waals surface area contributed by atoms with Crippen molar-refractivity contribution < 1.29 is 13.2 Å². The number of aromatic nitrogens is 2. The summed E-state index contributed by atoms with van der Waals surface area (Å²) in [5, 5.41) is 3.36. The first kappa shape index (κ1) is 13.4. The predicted molar refractivity (Wildman–Crippen MR) is 70.2 cm³/mol. The molecule has 0 saturated carbocycles. The van der Waals surface area contributed by atoms with Crippen molar-refractivity contribution in [1.29, 1.82) is 0 Å². The van der Waals surface area contributed by atoms with Crippen LogP contribution >= 0.6 is 0 Å². The average Bonchev–Trinajstić information content (AvgIpc) is 2.92. The van der Waals surface area contributed by atoms with Crippen LogP contribution in [0.1, 0.15) is 30.8 Å². The molecule has 0 aliphatic carbocycles. The Morgan fingerprint density at radius 3 is 2.70 bits per heavy atom. The van der Waals surface area contributed by atoms with Crippen LogP contribution in [0.15, 0.2) is 18.2 Å². The fourth-order valence-electron chi connectivity index (χ4n) is 2.85. The fourth-order valence-corrected chi connectivity index (χ4v) is 2.85. The van der Waals surface area contributed by atoms with Gasteiger partial charge in [0.05, 0.1) is 22.6 Å². The average molecular weight is 283 g/mol. The molecule has 1 aliphatic rings. The molecular weight excluding hydrogens is 267 g/mol. The molecule has 1 aromatic heterocycles. The van der Waals surface area contributed by atoms with E-state index in [1.54, 1.807) is 0 Å². The Hall–Kier alpha value is -1.56. The standard InChI is InChI=1S/C14H16F3N3/c1-8-5-6-18-12(8)13-19-10-7-9(14(15,16)17)3-4-11(10)20(13)2/h3-4,7-8,12,18H,5-6H2,1-2H3. The normalized spacial score (nSPS) is 23.6. The minimum atomic E-state index is -4.33. The molecule has 1 N–H and O–H groups in total. The first-order chi connectivity index (χ1) is 9.38. The lowest BCUT2D eigenvalue weighted by Gasteiger charge is -2.15. The van der Waals surface area contributed by atoms with Crippen LogP contribution in [0, 0.1) is 5.92 Å². The lowest BCUT2D eigenvalue weighted by atomic mass is 10.0. The molecule has 0 radical (unpaired) electrons. The quantitative estimate of drug-likeness (QED) is 0.870. The highest BCUT2D eigenvalue weighted by Crippen LogP contribution is 2.34. The Morgan fingerprint density at radius 1 is 1.35 bits per heavy atom. The number of hydrogen-bond donors (Lipinski definition) is 1. The number of benzene rings is 1. The highest BCUT2D eigenvalue weighted by atomic mass is 19.4. The van der Waals surface area contributed by atoms with Crippen LogP contribution in [0.2, 0.25) is 0 Å². The maximum Gasteiger partial charge on any atom is 0.416 e. The molecule has 0 amide bonds. The second-order valence-electron chi connectivity index (χ2n) is 5.43. The molecule has 6 heteroatoms. The monoisotopic (exact) mass is 283 g/mol. The van der Waals surface area contributed by atoms with E-state index in [4.69, 9.17) is 0 Å². The van der Waals surface area contributed by atoms with Gasteiger partial charge < -0.3 is 9.88 Å². The van der Waals surface area contributed by atoms with Gasteiger partial charge in [-0.05, 0) is 37.1 Å². The van der Waals surface area contributed by atoms with Gasteiger partial charge in [0, 0.05) is 7.05 Å². The van der Waals surface area contributed by atoms with Gasteiger partial charge >= 0.3 is 6.18 Å². The number of nitrogens with one attached hydrogen (secondary N) is 1. The highest BCUT2D eigenvalue weighted by Gasteiger charge is 2.32. The van der Waals surface area contributed by atoms with E-state index in [2.05, 4.69) is 17.2 Å². The summed E-state index contributed by atoms with van der Waals surface area (Å²) >= 11 is 0. The Morgan fingerprint density at radius 2 is 2.10 bits per heavy atom. The van der Waals surface area contributed by atoms with Gasteiger partial charge in [0.2, 0.25) is 0 Å². The van der Waals surface area contributed by atoms with Crippen LogP contribution < -0.4 is 5.32 Å². The Bertz CT molecular complexity index is 645. The van der Waals surface area contributed by atoms with Gasteiger partial charge in [-0.15, -0.1) is 0 Å². The lowest BCUT2D eigenvalue weighted by Crippen LogP contribution is -2.20. The van der Waals surface area contributed by atoms with Crippen molar-refractivity contribution in [1.82, 2.24) is 14.9 Å². The number of aryl methyl sites for hydroxylation is 1. The minimum absolute atomic E-state index is 0.113. The van der Waals surface area contributed by atoms with Gasteiger partial charge in [0.15, 0.2) is 0 Å². The molecule has 108 valence electrons. The molecule has 2 aromatic rings. The highest BCUT2D eigenvalue weighted by molar-refractivity contribution is 5.77. The first-order valence-electron chi connectivity index (χ1n) is 6.65. The molecule has 2 heterocycles. The van der Waals surface area contributed by atoms with Crippen molar-refractivity contribution in [3.63, 3.8) is 0 Å². The van der Waals surface area contributed by atoms with Crippen LogP contribution in [-0.2, 0) is 13.2 Å². The summed E-state index contributed by atoms with van der Waals surface area (Å²) < 4.78 is 40.1. The number of rotatable bonds is 1. The number of imidazole rings is 1. The summed E-state index contributed by atoms with van der Waals surface area (Å²) in [6, 6.07) is 3.84. The summed E-state index contributed by atoms with van der Waals surface area (Å²) in [7, 11) is 1.85. The Labute approximate surface area is 114 Å². The first-order valence-corrected chi connectivity index (χ1v) is 6.65. The maximum atomic E-state index is 12.7. The third-order valence-electron chi connectivity index (χ3n) is 4.05. The van der Waals surface area contributed by atoms with Crippen LogP contribution in [0.5, 0.6) is 0 Å².